The fourth-order valence-corrected chi connectivity index (χ4v) is 2.59. The van der Waals surface area contributed by atoms with Gasteiger partial charge in [-0.1, -0.05) is 12.1 Å². The summed E-state index contributed by atoms with van der Waals surface area (Å²) < 4.78 is 25.0. The van der Waals surface area contributed by atoms with Gasteiger partial charge in [0, 0.05) is 18.9 Å². The molecule has 0 radical (unpaired) electrons. The lowest BCUT2D eigenvalue weighted by molar-refractivity contribution is -0.122. The third-order valence-electron chi connectivity index (χ3n) is 3.00. The highest BCUT2D eigenvalue weighted by Crippen LogP contribution is 2.20. The molecule has 120 valence electrons. The molecule has 1 aromatic carbocycles. The van der Waals surface area contributed by atoms with E-state index in [1.165, 1.54) is 6.26 Å². The maximum absolute atomic E-state index is 11.6. The molecule has 0 amide bonds. The van der Waals surface area contributed by atoms with Crippen LogP contribution in [-0.2, 0) is 21.7 Å². The minimum Gasteiger partial charge on any atom is -0.483 e. The molecule has 0 spiro atoms. The summed E-state index contributed by atoms with van der Waals surface area (Å²) in [6.45, 7) is -0.250. The first-order valence-electron chi connectivity index (χ1n) is 6.39. The number of carboxylic acid groups (broad SMARTS) is 1. The SMILES string of the molecule is Cn1cnc2nc(-c3cccc(S(C)(=O)=O)c3)ncc21.O=CO. The number of nitrogens with zero attached hydrogens (tertiary/aromatic N) is 4. The van der Waals surface area contributed by atoms with Gasteiger partial charge in [0.25, 0.3) is 6.47 Å². The minimum atomic E-state index is -3.25. The molecule has 23 heavy (non-hydrogen) atoms. The number of hydrogen-bond donors (Lipinski definition) is 1. The second-order valence-corrected chi connectivity index (χ2v) is 6.68. The first-order valence-corrected chi connectivity index (χ1v) is 8.28. The summed E-state index contributed by atoms with van der Waals surface area (Å²) in [5.74, 6) is 0.460. The van der Waals surface area contributed by atoms with Gasteiger partial charge >= 0.3 is 0 Å². The molecule has 0 fully saturated rings. The highest BCUT2D eigenvalue weighted by atomic mass is 32.2. The number of sulfone groups is 1. The van der Waals surface area contributed by atoms with Crippen molar-refractivity contribution in [2.24, 2.45) is 7.05 Å². The van der Waals surface area contributed by atoms with Crippen molar-refractivity contribution in [3.05, 3.63) is 36.8 Å². The topological polar surface area (TPSA) is 115 Å². The van der Waals surface area contributed by atoms with Gasteiger partial charge in [0.2, 0.25) is 0 Å². The molecule has 0 aliphatic heterocycles. The Balaban J connectivity index is 0.000000595. The number of carbonyl (C=O) groups is 1. The number of aromatic nitrogens is 4. The number of fused-ring (bicyclic) bond motifs is 1. The fourth-order valence-electron chi connectivity index (χ4n) is 1.92. The van der Waals surface area contributed by atoms with Crippen molar-refractivity contribution in [2.45, 2.75) is 4.90 Å². The third-order valence-corrected chi connectivity index (χ3v) is 4.11. The average molecular weight is 334 g/mol. The van der Waals surface area contributed by atoms with Gasteiger partial charge < -0.3 is 9.67 Å². The Labute approximate surface area is 132 Å². The summed E-state index contributed by atoms with van der Waals surface area (Å²) in [5, 5.41) is 6.89. The molecule has 2 aromatic heterocycles. The van der Waals surface area contributed by atoms with Crippen LogP contribution in [0.5, 0.6) is 0 Å². The number of rotatable bonds is 2. The summed E-state index contributed by atoms with van der Waals surface area (Å²) in [6, 6.07) is 6.58. The maximum Gasteiger partial charge on any atom is 0.290 e. The van der Waals surface area contributed by atoms with Gasteiger partial charge in [-0.05, 0) is 12.1 Å². The van der Waals surface area contributed by atoms with Crippen LogP contribution < -0.4 is 0 Å². The van der Waals surface area contributed by atoms with Crippen molar-refractivity contribution in [1.82, 2.24) is 19.5 Å². The fraction of sp³-hybridized carbons (Fsp3) is 0.143. The summed E-state index contributed by atoms with van der Waals surface area (Å²) in [4.78, 5) is 21.4. The number of benzene rings is 1. The molecular formula is C14H14N4O4S. The Bertz CT molecular complexity index is 950. The van der Waals surface area contributed by atoms with E-state index in [1.54, 1.807) is 36.8 Å². The molecular weight excluding hydrogens is 320 g/mol. The molecule has 8 nitrogen and oxygen atoms in total. The lowest BCUT2D eigenvalue weighted by Gasteiger charge is -2.03. The Kier molecular flexibility index (Phi) is 4.70. The van der Waals surface area contributed by atoms with Crippen LogP contribution >= 0.6 is 0 Å². The molecule has 3 aromatic rings. The average Bonchev–Trinajstić information content (AvgIpc) is 2.88. The van der Waals surface area contributed by atoms with E-state index in [2.05, 4.69) is 15.0 Å². The van der Waals surface area contributed by atoms with Crippen LogP contribution in [0.25, 0.3) is 22.6 Å². The zero-order valence-corrected chi connectivity index (χ0v) is 13.2. The van der Waals surface area contributed by atoms with Gasteiger partial charge in [0.15, 0.2) is 21.3 Å². The number of imidazole rings is 1. The molecule has 3 rings (SSSR count). The van der Waals surface area contributed by atoms with E-state index in [0.717, 1.165) is 5.52 Å². The van der Waals surface area contributed by atoms with Gasteiger partial charge in [-0.3, -0.25) is 4.79 Å². The van der Waals surface area contributed by atoms with Gasteiger partial charge in [0.05, 0.1) is 17.4 Å². The third kappa shape index (κ3) is 3.69. The normalized spacial score (nSPS) is 10.9. The first-order chi connectivity index (χ1) is 10.9. The van der Waals surface area contributed by atoms with Crippen molar-refractivity contribution in [2.75, 3.05) is 6.26 Å². The predicted molar refractivity (Wildman–Crippen MR) is 83.5 cm³/mol. The van der Waals surface area contributed by atoms with Crippen molar-refractivity contribution in [3.8, 4) is 11.4 Å². The van der Waals surface area contributed by atoms with Crippen LogP contribution in [0.2, 0.25) is 0 Å². The Morgan fingerprint density at radius 3 is 2.61 bits per heavy atom. The van der Waals surface area contributed by atoms with Gasteiger partial charge in [-0.25, -0.2) is 23.4 Å². The van der Waals surface area contributed by atoms with E-state index in [4.69, 9.17) is 9.90 Å². The molecule has 0 aliphatic rings. The van der Waals surface area contributed by atoms with Crippen molar-refractivity contribution < 1.29 is 18.3 Å². The van der Waals surface area contributed by atoms with Crippen molar-refractivity contribution >= 4 is 27.5 Å². The summed E-state index contributed by atoms with van der Waals surface area (Å²) in [7, 11) is -1.38. The van der Waals surface area contributed by atoms with Gasteiger partial charge in [0.1, 0.15) is 5.52 Å². The highest BCUT2D eigenvalue weighted by Gasteiger charge is 2.11. The van der Waals surface area contributed by atoms with E-state index >= 15 is 0 Å². The Morgan fingerprint density at radius 2 is 1.96 bits per heavy atom. The zero-order chi connectivity index (χ0) is 17.0. The van der Waals surface area contributed by atoms with E-state index in [1.807, 2.05) is 11.6 Å². The van der Waals surface area contributed by atoms with E-state index in [9.17, 15) is 8.42 Å². The lowest BCUT2D eigenvalue weighted by Crippen LogP contribution is -1.98. The van der Waals surface area contributed by atoms with Crippen molar-refractivity contribution in [1.29, 1.82) is 0 Å². The largest absolute Gasteiger partial charge is 0.483 e. The van der Waals surface area contributed by atoms with Crippen LogP contribution in [0.15, 0.2) is 41.7 Å². The van der Waals surface area contributed by atoms with E-state index in [-0.39, 0.29) is 11.4 Å². The van der Waals surface area contributed by atoms with Crippen LogP contribution in [0.3, 0.4) is 0 Å². The molecule has 1 N–H and O–H groups in total. The second kappa shape index (κ2) is 6.53. The van der Waals surface area contributed by atoms with Crippen LogP contribution in [-0.4, -0.2) is 45.8 Å². The standard InChI is InChI=1S/C13H12N4O2S.CH2O2/c1-17-8-15-13-11(17)7-14-12(16-13)9-4-3-5-10(6-9)20(2,18)19;2-1-3/h3-8H,1-2H3;1H,(H,2,3). The Morgan fingerprint density at radius 1 is 1.26 bits per heavy atom. The molecule has 2 heterocycles. The maximum atomic E-state index is 11.6. The van der Waals surface area contributed by atoms with Gasteiger partial charge in [-0.2, -0.15) is 0 Å². The van der Waals surface area contributed by atoms with E-state index < -0.39 is 9.84 Å². The molecule has 0 atom stereocenters. The molecule has 0 unspecified atom stereocenters. The first kappa shape index (κ1) is 16.6. The Hall–Kier alpha value is -2.81. The molecule has 0 saturated heterocycles. The molecule has 9 heteroatoms. The predicted octanol–water partition coefficient (Wildman–Crippen LogP) is 1.13. The lowest BCUT2D eigenvalue weighted by atomic mass is 10.2. The van der Waals surface area contributed by atoms with Crippen LogP contribution in [0.1, 0.15) is 0 Å². The summed E-state index contributed by atoms with van der Waals surface area (Å²) >= 11 is 0. The number of aryl methyl sites for hydroxylation is 1. The molecule has 0 aliphatic carbocycles. The molecule has 0 bridgehead atoms. The molecule has 0 saturated carbocycles. The number of hydrogen-bond acceptors (Lipinski definition) is 6. The van der Waals surface area contributed by atoms with Crippen LogP contribution in [0, 0.1) is 0 Å². The highest BCUT2D eigenvalue weighted by molar-refractivity contribution is 7.90. The van der Waals surface area contributed by atoms with Gasteiger partial charge in [-0.15, -0.1) is 0 Å². The van der Waals surface area contributed by atoms with E-state index in [0.29, 0.717) is 17.0 Å². The smallest absolute Gasteiger partial charge is 0.290 e. The van der Waals surface area contributed by atoms with Crippen LogP contribution in [0.4, 0.5) is 0 Å². The second-order valence-electron chi connectivity index (χ2n) is 4.66. The zero-order valence-electron chi connectivity index (χ0n) is 12.4. The van der Waals surface area contributed by atoms with Crippen molar-refractivity contribution in [3.63, 3.8) is 0 Å². The monoisotopic (exact) mass is 334 g/mol. The summed E-state index contributed by atoms with van der Waals surface area (Å²) in [5.41, 5.74) is 2.07. The summed E-state index contributed by atoms with van der Waals surface area (Å²) in [6.07, 6.45) is 4.52. The minimum absolute atomic E-state index is 0.250. The quantitative estimate of drug-likeness (QED) is 0.699.